The van der Waals surface area contributed by atoms with Crippen molar-refractivity contribution in [2.45, 2.75) is 18.8 Å². The van der Waals surface area contributed by atoms with E-state index in [-0.39, 0.29) is 17.6 Å². The largest absolute Gasteiger partial charge is 0.472 e. The number of carbonyl (C=O) groups excluding carboxylic acids is 1. The van der Waals surface area contributed by atoms with Crippen molar-refractivity contribution < 1.29 is 13.6 Å². The Morgan fingerprint density at radius 1 is 1.28 bits per heavy atom. The first-order valence-corrected chi connectivity index (χ1v) is 8.33. The predicted octanol–water partition coefficient (Wildman–Crippen LogP) is 3.83. The van der Waals surface area contributed by atoms with Crippen LogP contribution < -0.4 is 0 Å². The van der Waals surface area contributed by atoms with E-state index < -0.39 is 0 Å². The molecular formula is C19H18FN3O2. The van der Waals surface area contributed by atoms with Crippen molar-refractivity contribution in [1.82, 2.24) is 15.1 Å². The summed E-state index contributed by atoms with van der Waals surface area (Å²) in [6.45, 7) is 1.40. The van der Waals surface area contributed by atoms with Crippen LogP contribution in [0.1, 0.15) is 34.8 Å². The number of benzene rings is 1. The Bertz CT molecular complexity index is 855. The molecule has 4 rings (SSSR count). The normalized spacial score (nSPS) is 17.6. The average molecular weight is 339 g/mol. The van der Waals surface area contributed by atoms with Crippen LogP contribution in [-0.2, 0) is 0 Å². The molecule has 1 aliphatic rings. The summed E-state index contributed by atoms with van der Waals surface area (Å²) in [5, 5.41) is 7.43. The van der Waals surface area contributed by atoms with Crippen molar-refractivity contribution >= 4 is 5.91 Å². The van der Waals surface area contributed by atoms with Crippen molar-refractivity contribution in [3.05, 3.63) is 66.0 Å². The van der Waals surface area contributed by atoms with Crippen molar-refractivity contribution in [2.24, 2.45) is 0 Å². The highest BCUT2D eigenvalue weighted by Crippen LogP contribution is 2.29. The maximum atomic E-state index is 13.1. The van der Waals surface area contributed by atoms with Crippen LogP contribution in [0.25, 0.3) is 11.3 Å². The first kappa shape index (κ1) is 15.6. The summed E-state index contributed by atoms with van der Waals surface area (Å²) in [5.41, 5.74) is 3.24. The molecule has 1 aromatic carbocycles. The van der Waals surface area contributed by atoms with Gasteiger partial charge in [-0.25, -0.2) is 4.39 Å². The second-order valence-electron chi connectivity index (χ2n) is 6.32. The predicted molar refractivity (Wildman–Crippen MR) is 90.6 cm³/mol. The van der Waals surface area contributed by atoms with Gasteiger partial charge >= 0.3 is 0 Å². The summed E-state index contributed by atoms with van der Waals surface area (Å²) in [6, 6.07) is 9.96. The lowest BCUT2D eigenvalue weighted by Crippen LogP contribution is -2.39. The van der Waals surface area contributed by atoms with E-state index in [9.17, 15) is 9.18 Å². The average Bonchev–Trinajstić information content (AvgIpc) is 3.34. The van der Waals surface area contributed by atoms with Crippen molar-refractivity contribution in [2.75, 3.05) is 13.1 Å². The quantitative estimate of drug-likeness (QED) is 0.789. The second-order valence-corrected chi connectivity index (χ2v) is 6.32. The van der Waals surface area contributed by atoms with Crippen LogP contribution in [0.3, 0.4) is 0 Å². The van der Waals surface area contributed by atoms with Crippen molar-refractivity contribution in [1.29, 1.82) is 0 Å². The number of aromatic nitrogens is 2. The fourth-order valence-electron chi connectivity index (χ4n) is 3.30. The molecule has 0 bridgehead atoms. The number of aromatic amines is 1. The zero-order valence-electron chi connectivity index (χ0n) is 13.6. The molecule has 5 nitrogen and oxygen atoms in total. The number of likely N-dealkylation sites (tertiary alicyclic amines) is 1. The minimum atomic E-state index is -0.264. The highest BCUT2D eigenvalue weighted by molar-refractivity contribution is 5.93. The Morgan fingerprint density at radius 2 is 2.12 bits per heavy atom. The summed E-state index contributed by atoms with van der Waals surface area (Å²) in [5.74, 6) is -0.0526. The molecule has 1 unspecified atom stereocenters. The number of nitrogens with zero attached hydrogens (tertiary/aromatic N) is 2. The zero-order valence-corrected chi connectivity index (χ0v) is 13.6. The number of rotatable bonds is 3. The molecule has 0 saturated carbocycles. The van der Waals surface area contributed by atoms with Gasteiger partial charge in [0.2, 0.25) is 0 Å². The molecule has 6 heteroatoms. The van der Waals surface area contributed by atoms with Crippen molar-refractivity contribution in [3.8, 4) is 11.3 Å². The third-order valence-electron chi connectivity index (χ3n) is 4.65. The number of halogens is 1. The molecule has 3 heterocycles. The van der Waals surface area contributed by atoms with Gasteiger partial charge in [-0.2, -0.15) is 5.10 Å². The van der Waals surface area contributed by atoms with Gasteiger partial charge in [0.1, 0.15) is 12.1 Å². The van der Waals surface area contributed by atoms with E-state index in [0.29, 0.717) is 12.1 Å². The smallest absolute Gasteiger partial charge is 0.257 e. The molecule has 0 radical (unpaired) electrons. The fourth-order valence-corrected chi connectivity index (χ4v) is 3.30. The molecular weight excluding hydrogens is 321 g/mol. The monoisotopic (exact) mass is 339 g/mol. The first-order valence-electron chi connectivity index (χ1n) is 8.33. The van der Waals surface area contributed by atoms with Gasteiger partial charge in [0.05, 0.1) is 17.5 Å². The van der Waals surface area contributed by atoms with Gasteiger partial charge in [-0.3, -0.25) is 9.89 Å². The van der Waals surface area contributed by atoms with E-state index >= 15 is 0 Å². The Hall–Kier alpha value is -2.89. The van der Waals surface area contributed by atoms with E-state index in [1.54, 1.807) is 18.2 Å². The maximum absolute atomic E-state index is 13.1. The topological polar surface area (TPSA) is 62.1 Å². The van der Waals surface area contributed by atoms with Gasteiger partial charge in [0.15, 0.2) is 0 Å². The van der Waals surface area contributed by atoms with Gasteiger partial charge < -0.3 is 9.32 Å². The molecule has 1 saturated heterocycles. The lowest BCUT2D eigenvalue weighted by Gasteiger charge is -2.32. The second kappa shape index (κ2) is 6.55. The number of hydrogen-bond donors (Lipinski definition) is 1. The Kier molecular flexibility index (Phi) is 4.09. The van der Waals surface area contributed by atoms with Gasteiger partial charge in [-0.1, -0.05) is 0 Å². The maximum Gasteiger partial charge on any atom is 0.257 e. The zero-order chi connectivity index (χ0) is 17.2. The molecule has 1 aliphatic heterocycles. The molecule has 2 aromatic heterocycles. The summed E-state index contributed by atoms with van der Waals surface area (Å²) in [4.78, 5) is 14.4. The summed E-state index contributed by atoms with van der Waals surface area (Å²) in [7, 11) is 0. The van der Waals surface area contributed by atoms with Crippen LogP contribution in [0.4, 0.5) is 4.39 Å². The van der Waals surface area contributed by atoms with Crippen LogP contribution >= 0.6 is 0 Å². The van der Waals surface area contributed by atoms with E-state index in [0.717, 1.165) is 36.3 Å². The first-order chi connectivity index (χ1) is 12.2. The molecule has 1 atom stereocenters. The minimum Gasteiger partial charge on any atom is -0.472 e. The van der Waals surface area contributed by atoms with Crippen LogP contribution in [-0.4, -0.2) is 34.1 Å². The Labute approximate surface area is 144 Å². The van der Waals surface area contributed by atoms with Crippen LogP contribution in [0.15, 0.2) is 53.3 Å². The molecule has 25 heavy (non-hydrogen) atoms. The van der Waals surface area contributed by atoms with E-state index in [1.165, 1.54) is 24.7 Å². The van der Waals surface area contributed by atoms with Crippen LogP contribution in [0.2, 0.25) is 0 Å². The lowest BCUT2D eigenvalue weighted by molar-refractivity contribution is 0.0705. The number of hydrogen-bond acceptors (Lipinski definition) is 3. The van der Waals surface area contributed by atoms with Gasteiger partial charge in [0, 0.05) is 30.3 Å². The molecule has 1 amide bonds. The summed E-state index contributed by atoms with van der Waals surface area (Å²) >= 11 is 0. The summed E-state index contributed by atoms with van der Waals surface area (Å²) < 4.78 is 18.1. The molecule has 128 valence electrons. The fraction of sp³-hybridized carbons (Fsp3) is 0.263. The van der Waals surface area contributed by atoms with Crippen LogP contribution in [0, 0.1) is 5.82 Å². The molecule has 1 fully saturated rings. The third kappa shape index (κ3) is 3.20. The standard InChI is InChI=1S/C19H18FN3O2/c20-16-5-3-13(4-6-16)17-10-18(22-21-17)14-2-1-8-23(11-14)19(24)15-7-9-25-12-15/h3-7,9-10,12,14H,1-2,8,11H2,(H,21,22). The van der Waals surface area contributed by atoms with E-state index in [4.69, 9.17) is 4.42 Å². The molecule has 0 aliphatic carbocycles. The molecule has 3 aromatic rings. The molecule has 1 N–H and O–H groups in total. The van der Waals surface area contributed by atoms with E-state index in [1.807, 2.05) is 11.0 Å². The van der Waals surface area contributed by atoms with Crippen LogP contribution in [0.5, 0.6) is 0 Å². The number of amides is 1. The summed E-state index contributed by atoms with van der Waals surface area (Å²) in [6.07, 6.45) is 4.94. The van der Waals surface area contributed by atoms with Crippen molar-refractivity contribution in [3.63, 3.8) is 0 Å². The highest BCUT2D eigenvalue weighted by Gasteiger charge is 2.27. The number of carbonyl (C=O) groups is 1. The SMILES string of the molecule is O=C(c1ccoc1)N1CCCC(c2cc(-c3ccc(F)cc3)n[nH]2)C1. The number of furan rings is 1. The Balaban J connectivity index is 1.50. The number of nitrogens with one attached hydrogen (secondary N) is 1. The van der Waals surface area contributed by atoms with Gasteiger partial charge in [-0.05, 0) is 49.2 Å². The van der Waals surface area contributed by atoms with E-state index in [2.05, 4.69) is 10.2 Å². The molecule has 0 spiro atoms. The van der Waals surface area contributed by atoms with Gasteiger partial charge in [0.25, 0.3) is 5.91 Å². The third-order valence-corrected chi connectivity index (χ3v) is 4.65. The highest BCUT2D eigenvalue weighted by atomic mass is 19.1. The number of piperidine rings is 1. The minimum absolute atomic E-state index is 0.00303. The van der Waals surface area contributed by atoms with Gasteiger partial charge in [-0.15, -0.1) is 0 Å². The number of H-pyrrole nitrogens is 1. The lowest BCUT2D eigenvalue weighted by atomic mass is 9.94. The Morgan fingerprint density at radius 3 is 2.88 bits per heavy atom.